The second-order valence-corrected chi connectivity index (χ2v) is 5.12. The van der Waals surface area contributed by atoms with Crippen molar-refractivity contribution in [3.05, 3.63) is 33.8 Å². The minimum absolute atomic E-state index is 0.147. The lowest BCUT2D eigenvalue weighted by Gasteiger charge is -2.15. The van der Waals surface area contributed by atoms with Crippen LogP contribution in [0.5, 0.6) is 0 Å². The SMILES string of the molecule is Cc1ccc(C(=O)C(C)C(C)C(=O)O)c(Br)c1. The van der Waals surface area contributed by atoms with E-state index in [0.29, 0.717) is 10.0 Å². The number of carboxylic acid groups (broad SMARTS) is 1. The number of aryl methyl sites for hydroxylation is 1. The van der Waals surface area contributed by atoms with Crippen molar-refractivity contribution in [2.24, 2.45) is 11.8 Å². The molecule has 0 aromatic heterocycles. The molecule has 0 bridgehead atoms. The van der Waals surface area contributed by atoms with Crippen molar-refractivity contribution in [1.29, 1.82) is 0 Å². The van der Waals surface area contributed by atoms with Crippen molar-refractivity contribution >= 4 is 27.7 Å². The number of hydrogen-bond acceptors (Lipinski definition) is 2. The van der Waals surface area contributed by atoms with Crippen molar-refractivity contribution in [2.45, 2.75) is 20.8 Å². The smallest absolute Gasteiger partial charge is 0.306 e. The maximum Gasteiger partial charge on any atom is 0.306 e. The summed E-state index contributed by atoms with van der Waals surface area (Å²) in [5, 5.41) is 8.90. The Kier molecular flexibility index (Phi) is 4.46. The molecule has 2 unspecified atom stereocenters. The quantitative estimate of drug-likeness (QED) is 0.868. The van der Waals surface area contributed by atoms with Crippen LogP contribution in [0.25, 0.3) is 0 Å². The molecule has 0 amide bonds. The van der Waals surface area contributed by atoms with Crippen molar-refractivity contribution in [1.82, 2.24) is 0 Å². The summed E-state index contributed by atoms with van der Waals surface area (Å²) in [6, 6.07) is 5.42. The summed E-state index contributed by atoms with van der Waals surface area (Å²) in [6.45, 7) is 5.13. The predicted molar refractivity (Wildman–Crippen MR) is 69.2 cm³/mol. The van der Waals surface area contributed by atoms with Crippen molar-refractivity contribution in [3.8, 4) is 0 Å². The fourth-order valence-electron chi connectivity index (χ4n) is 1.51. The Bertz CT molecular complexity index is 454. The molecule has 0 saturated heterocycles. The molecule has 0 aliphatic carbocycles. The van der Waals surface area contributed by atoms with Gasteiger partial charge in [0.1, 0.15) is 0 Å². The maximum absolute atomic E-state index is 12.1. The van der Waals surface area contributed by atoms with Crippen LogP contribution in [0.4, 0.5) is 0 Å². The van der Waals surface area contributed by atoms with Crippen LogP contribution < -0.4 is 0 Å². The highest BCUT2D eigenvalue weighted by molar-refractivity contribution is 9.10. The Morgan fingerprint density at radius 1 is 1.24 bits per heavy atom. The molecule has 1 aromatic rings. The van der Waals surface area contributed by atoms with Crippen LogP contribution in [0.15, 0.2) is 22.7 Å². The Balaban J connectivity index is 3.00. The number of carbonyl (C=O) groups excluding carboxylic acids is 1. The number of rotatable bonds is 4. The van der Waals surface area contributed by atoms with E-state index in [1.807, 2.05) is 19.1 Å². The van der Waals surface area contributed by atoms with Gasteiger partial charge in [-0.1, -0.05) is 35.8 Å². The van der Waals surface area contributed by atoms with E-state index in [-0.39, 0.29) is 5.78 Å². The summed E-state index contributed by atoms with van der Waals surface area (Å²) >= 11 is 3.33. The summed E-state index contributed by atoms with van der Waals surface area (Å²) in [7, 11) is 0. The van der Waals surface area contributed by atoms with Gasteiger partial charge in [0.05, 0.1) is 5.92 Å². The first-order valence-electron chi connectivity index (χ1n) is 5.37. The molecule has 17 heavy (non-hydrogen) atoms. The van der Waals surface area contributed by atoms with E-state index in [2.05, 4.69) is 15.9 Å². The molecule has 1 aromatic carbocycles. The third-order valence-electron chi connectivity index (χ3n) is 2.94. The molecule has 0 aliphatic heterocycles. The van der Waals surface area contributed by atoms with E-state index in [1.165, 1.54) is 0 Å². The molecule has 1 N–H and O–H groups in total. The molecule has 0 aliphatic rings. The van der Waals surface area contributed by atoms with Crippen LogP contribution in [0, 0.1) is 18.8 Å². The Morgan fingerprint density at radius 2 is 1.82 bits per heavy atom. The fraction of sp³-hybridized carbons (Fsp3) is 0.385. The van der Waals surface area contributed by atoms with Gasteiger partial charge in [-0.3, -0.25) is 9.59 Å². The van der Waals surface area contributed by atoms with Gasteiger partial charge in [-0.2, -0.15) is 0 Å². The van der Waals surface area contributed by atoms with E-state index in [9.17, 15) is 9.59 Å². The molecule has 0 spiro atoms. The van der Waals surface area contributed by atoms with Gasteiger partial charge in [-0.15, -0.1) is 0 Å². The predicted octanol–water partition coefficient (Wildman–Crippen LogP) is 3.30. The zero-order valence-corrected chi connectivity index (χ0v) is 11.6. The van der Waals surface area contributed by atoms with Crippen molar-refractivity contribution < 1.29 is 14.7 Å². The first-order chi connectivity index (χ1) is 7.84. The third-order valence-corrected chi connectivity index (χ3v) is 3.60. The van der Waals surface area contributed by atoms with Crippen LogP contribution in [0.1, 0.15) is 29.8 Å². The lowest BCUT2D eigenvalue weighted by Crippen LogP contribution is -2.25. The zero-order chi connectivity index (χ0) is 13.2. The number of ketones is 1. The monoisotopic (exact) mass is 298 g/mol. The minimum Gasteiger partial charge on any atom is -0.481 e. The van der Waals surface area contributed by atoms with E-state index in [0.717, 1.165) is 5.56 Å². The third kappa shape index (κ3) is 3.16. The van der Waals surface area contributed by atoms with Crippen LogP contribution in [0.2, 0.25) is 0 Å². The molecule has 2 atom stereocenters. The number of aliphatic carboxylic acids is 1. The summed E-state index contributed by atoms with van der Waals surface area (Å²) in [5.41, 5.74) is 1.59. The van der Waals surface area contributed by atoms with Gasteiger partial charge in [-0.25, -0.2) is 0 Å². The molecule has 0 radical (unpaired) electrons. The van der Waals surface area contributed by atoms with Crippen molar-refractivity contribution in [2.75, 3.05) is 0 Å². The number of benzene rings is 1. The van der Waals surface area contributed by atoms with E-state index >= 15 is 0 Å². The topological polar surface area (TPSA) is 54.4 Å². The minimum atomic E-state index is -0.950. The Hall–Kier alpha value is -1.16. The molecular formula is C13H15BrO3. The molecule has 3 nitrogen and oxygen atoms in total. The lowest BCUT2D eigenvalue weighted by atomic mass is 9.88. The molecule has 0 fully saturated rings. The van der Waals surface area contributed by atoms with E-state index in [4.69, 9.17) is 5.11 Å². The normalized spacial score (nSPS) is 14.1. The van der Waals surface area contributed by atoms with Crippen LogP contribution in [-0.2, 0) is 4.79 Å². The standard InChI is InChI=1S/C13H15BrO3/c1-7-4-5-10(11(14)6-7)12(15)8(2)9(3)13(16)17/h4-6,8-9H,1-3H3,(H,16,17). The van der Waals surface area contributed by atoms with Gasteiger partial charge >= 0.3 is 5.97 Å². The molecule has 92 valence electrons. The number of Topliss-reactive ketones (excluding diaryl/α,β-unsaturated/α-hetero) is 1. The first-order valence-corrected chi connectivity index (χ1v) is 6.17. The summed E-state index contributed by atoms with van der Waals surface area (Å²) in [5.74, 6) is -2.32. The zero-order valence-electron chi connectivity index (χ0n) is 10.0. The highest BCUT2D eigenvalue weighted by Crippen LogP contribution is 2.24. The molecule has 0 saturated carbocycles. The maximum atomic E-state index is 12.1. The van der Waals surface area contributed by atoms with Gasteiger partial charge in [0, 0.05) is 16.0 Å². The Morgan fingerprint density at radius 3 is 2.29 bits per heavy atom. The van der Waals surface area contributed by atoms with Gasteiger partial charge in [-0.05, 0) is 24.6 Å². The molecule has 0 heterocycles. The summed E-state index contributed by atoms with van der Waals surface area (Å²) in [4.78, 5) is 23.0. The highest BCUT2D eigenvalue weighted by Gasteiger charge is 2.27. The lowest BCUT2D eigenvalue weighted by molar-refractivity contribution is -0.142. The second-order valence-electron chi connectivity index (χ2n) is 4.26. The molecular weight excluding hydrogens is 284 g/mol. The number of hydrogen-bond donors (Lipinski definition) is 1. The first kappa shape index (κ1) is 13.9. The highest BCUT2D eigenvalue weighted by atomic mass is 79.9. The van der Waals surface area contributed by atoms with Gasteiger partial charge in [0.25, 0.3) is 0 Å². The van der Waals surface area contributed by atoms with Gasteiger partial charge < -0.3 is 5.11 Å². The second kappa shape index (κ2) is 5.45. The van der Waals surface area contributed by atoms with Crippen LogP contribution in [-0.4, -0.2) is 16.9 Å². The average molecular weight is 299 g/mol. The largest absolute Gasteiger partial charge is 0.481 e. The molecule has 1 rings (SSSR count). The summed E-state index contributed by atoms with van der Waals surface area (Å²) in [6.07, 6.45) is 0. The van der Waals surface area contributed by atoms with Gasteiger partial charge in [0.15, 0.2) is 5.78 Å². The van der Waals surface area contributed by atoms with Gasteiger partial charge in [0.2, 0.25) is 0 Å². The summed E-state index contributed by atoms with van der Waals surface area (Å²) < 4.78 is 0.715. The van der Waals surface area contributed by atoms with E-state index < -0.39 is 17.8 Å². The van der Waals surface area contributed by atoms with Crippen molar-refractivity contribution in [3.63, 3.8) is 0 Å². The number of carboxylic acids is 1. The average Bonchev–Trinajstić information content (AvgIpc) is 2.26. The van der Waals surface area contributed by atoms with E-state index in [1.54, 1.807) is 19.9 Å². The fourth-order valence-corrected chi connectivity index (χ4v) is 2.19. The van der Waals surface area contributed by atoms with Crippen LogP contribution in [0.3, 0.4) is 0 Å². The Labute approximate surface area is 109 Å². The van der Waals surface area contributed by atoms with Crippen LogP contribution >= 0.6 is 15.9 Å². The number of carbonyl (C=O) groups is 2. The number of halogens is 1. The molecule has 4 heteroatoms.